The molecular weight excluding hydrogens is 194 g/mol. The van der Waals surface area contributed by atoms with Crippen LogP contribution in [0.2, 0.25) is 5.02 Å². The molecule has 0 radical (unpaired) electrons. The highest BCUT2D eigenvalue weighted by Gasteiger charge is 2.12. The molecule has 0 bridgehead atoms. The monoisotopic (exact) mass is 201 g/mol. The van der Waals surface area contributed by atoms with Gasteiger partial charge in [-0.25, -0.2) is 0 Å². The van der Waals surface area contributed by atoms with Crippen molar-refractivity contribution in [3.8, 4) is 5.75 Å². The summed E-state index contributed by atoms with van der Waals surface area (Å²) in [6, 6.07) is 4.36. The maximum atomic E-state index is 10.4. The predicted octanol–water partition coefficient (Wildman–Crippen LogP) is 2.65. The van der Waals surface area contributed by atoms with Gasteiger partial charge in [-0.2, -0.15) is 0 Å². The number of nitro groups is 1. The third kappa shape index (κ3) is 2.32. The molecule has 4 nitrogen and oxygen atoms in total. The Morgan fingerprint density at radius 1 is 1.62 bits per heavy atom. The maximum Gasteiger partial charge on any atom is 0.291 e. The molecule has 1 rings (SSSR count). The Morgan fingerprint density at radius 3 is 2.85 bits per heavy atom. The number of hydrogen-bond donors (Lipinski definition) is 0. The largest absolute Gasteiger partial charge is 0.494 e. The third-order valence-electron chi connectivity index (χ3n) is 1.43. The van der Waals surface area contributed by atoms with Crippen LogP contribution in [0.1, 0.15) is 6.92 Å². The summed E-state index contributed by atoms with van der Waals surface area (Å²) in [6.45, 7) is 2.28. The highest BCUT2D eigenvalue weighted by atomic mass is 35.5. The van der Waals surface area contributed by atoms with Crippen LogP contribution < -0.4 is 4.74 Å². The first-order chi connectivity index (χ1) is 6.15. The van der Waals surface area contributed by atoms with E-state index in [0.717, 1.165) is 0 Å². The van der Waals surface area contributed by atoms with Crippen LogP contribution in [0.25, 0.3) is 0 Å². The molecule has 0 saturated carbocycles. The van der Waals surface area contributed by atoms with Gasteiger partial charge in [0.05, 0.1) is 17.6 Å². The van der Waals surface area contributed by atoms with Gasteiger partial charge in [0.25, 0.3) is 5.69 Å². The average molecular weight is 202 g/mol. The Labute approximate surface area is 80.2 Å². The van der Waals surface area contributed by atoms with Gasteiger partial charge in [-0.05, 0) is 19.1 Å². The van der Waals surface area contributed by atoms with Crippen LogP contribution in [-0.2, 0) is 0 Å². The van der Waals surface area contributed by atoms with Crippen molar-refractivity contribution in [2.45, 2.75) is 6.92 Å². The minimum atomic E-state index is -0.537. The fourth-order valence-corrected chi connectivity index (χ4v) is 1.08. The summed E-state index contributed by atoms with van der Waals surface area (Å²) in [5.41, 5.74) is -0.132. The second kappa shape index (κ2) is 4.09. The Bertz CT molecular complexity index is 327. The first-order valence-corrected chi connectivity index (χ1v) is 4.09. The topological polar surface area (TPSA) is 52.4 Å². The van der Waals surface area contributed by atoms with Gasteiger partial charge in [0.2, 0.25) is 0 Å². The normalized spacial score (nSPS) is 9.69. The van der Waals surface area contributed by atoms with Crippen molar-refractivity contribution in [2.75, 3.05) is 6.61 Å². The van der Waals surface area contributed by atoms with E-state index >= 15 is 0 Å². The van der Waals surface area contributed by atoms with Crippen molar-refractivity contribution in [2.24, 2.45) is 0 Å². The summed E-state index contributed by atoms with van der Waals surface area (Å²) in [7, 11) is 0. The van der Waals surface area contributed by atoms with Crippen LogP contribution in [0.4, 0.5) is 5.69 Å². The zero-order valence-electron chi connectivity index (χ0n) is 6.99. The Kier molecular flexibility index (Phi) is 3.08. The van der Waals surface area contributed by atoms with Gasteiger partial charge in [0, 0.05) is 0 Å². The van der Waals surface area contributed by atoms with Crippen LogP contribution in [0.15, 0.2) is 18.2 Å². The molecule has 1 aromatic rings. The summed E-state index contributed by atoms with van der Waals surface area (Å²) in [5.74, 6) is 0.457. The molecular formula is C8H8ClNO3. The Morgan fingerprint density at radius 2 is 2.31 bits per heavy atom. The predicted molar refractivity (Wildman–Crippen MR) is 49.3 cm³/mol. The highest BCUT2D eigenvalue weighted by Crippen LogP contribution is 2.28. The van der Waals surface area contributed by atoms with E-state index in [0.29, 0.717) is 12.4 Å². The first kappa shape index (κ1) is 9.80. The van der Waals surface area contributed by atoms with Gasteiger partial charge in [-0.3, -0.25) is 10.1 Å². The number of nitrogens with zero attached hydrogens (tertiary/aromatic N) is 1. The minimum Gasteiger partial charge on any atom is -0.494 e. The molecule has 0 fully saturated rings. The van der Waals surface area contributed by atoms with Crippen molar-refractivity contribution < 1.29 is 9.66 Å². The molecule has 70 valence electrons. The molecule has 0 unspecified atom stereocenters. The molecule has 13 heavy (non-hydrogen) atoms. The zero-order valence-corrected chi connectivity index (χ0v) is 7.75. The van der Waals surface area contributed by atoms with E-state index in [1.165, 1.54) is 12.1 Å². The van der Waals surface area contributed by atoms with E-state index < -0.39 is 4.92 Å². The number of hydrogen-bond acceptors (Lipinski definition) is 3. The molecule has 1 aromatic carbocycles. The lowest BCUT2D eigenvalue weighted by molar-refractivity contribution is -0.384. The van der Waals surface area contributed by atoms with E-state index in [2.05, 4.69) is 0 Å². The van der Waals surface area contributed by atoms with E-state index in [4.69, 9.17) is 16.3 Å². The molecule has 0 spiro atoms. The lowest BCUT2D eigenvalue weighted by Crippen LogP contribution is -1.94. The quantitative estimate of drug-likeness (QED) is 0.558. The second-order valence-electron chi connectivity index (χ2n) is 2.30. The Balaban J connectivity index is 3.04. The number of nitro benzene ring substituents is 1. The van der Waals surface area contributed by atoms with Crippen molar-refractivity contribution in [3.63, 3.8) is 0 Å². The number of benzene rings is 1. The summed E-state index contributed by atoms with van der Waals surface area (Å²) in [4.78, 5) is 9.91. The molecule has 0 saturated heterocycles. The molecule has 5 heteroatoms. The van der Waals surface area contributed by atoms with Crippen LogP contribution in [-0.4, -0.2) is 11.5 Å². The smallest absolute Gasteiger partial charge is 0.291 e. The van der Waals surface area contributed by atoms with E-state index in [-0.39, 0.29) is 10.7 Å². The molecule has 0 aliphatic carbocycles. The van der Waals surface area contributed by atoms with Crippen LogP contribution in [0.5, 0.6) is 5.75 Å². The molecule has 0 atom stereocenters. The lowest BCUT2D eigenvalue weighted by Gasteiger charge is -2.02. The first-order valence-electron chi connectivity index (χ1n) is 3.72. The standard InChI is InChI=1S/C8H8ClNO3/c1-2-13-6-3-4-7(9)8(5-6)10(11)12/h3-5H,2H2,1H3. The van der Waals surface area contributed by atoms with Gasteiger partial charge < -0.3 is 4.74 Å². The molecule has 0 aromatic heterocycles. The lowest BCUT2D eigenvalue weighted by atomic mass is 10.3. The van der Waals surface area contributed by atoms with Crippen molar-refractivity contribution >= 4 is 17.3 Å². The van der Waals surface area contributed by atoms with E-state index in [1.807, 2.05) is 0 Å². The van der Waals surface area contributed by atoms with Crippen molar-refractivity contribution in [1.82, 2.24) is 0 Å². The van der Waals surface area contributed by atoms with Crippen LogP contribution in [0, 0.1) is 10.1 Å². The molecule has 0 heterocycles. The van der Waals surface area contributed by atoms with Gasteiger partial charge in [-0.1, -0.05) is 11.6 Å². The fourth-order valence-electron chi connectivity index (χ4n) is 0.889. The minimum absolute atomic E-state index is 0.119. The summed E-state index contributed by atoms with van der Waals surface area (Å²) in [6.07, 6.45) is 0. The maximum absolute atomic E-state index is 10.4. The highest BCUT2D eigenvalue weighted by molar-refractivity contribution is 6.32. The summed E-state index contributed by atoms with van der Waals surface area (Å²) < 4.78 is 5.09. The van der Waals surface area contributed by atoms with Gasteiger partial charge in [-0.15, -0.1) is 0 Å². The number of rotatable bonds is 3. The van der Waals surface area contributed by atoms with Crippen LogP contribution >= 0.6 is 11.6 Å². The summed E-state index contributed by atoms with van der Waals surface area (Å²) in [5, 5.41) is 10.6. The molecule has 0 N–H and O–H groups in total. The third-order valence-corrected chi connectivity index (χ3v) is 1.74. The van der Waals surface area contributed by atoms with Gasteiger partial charge in [0.15, 0.2) is 0 Å². The van der Waals surface area contributed by atoms with E-state index in [9.17, 15) is 10.1 Å². The molecule has 0 aliphatic heterocycles. The second-order valence-corrected chi connectivity index (χ2v) is 2.71. The number of halogens is 1. The molecule has 0 amide bonds. The zero-order chi connectivity index (χ0) is 9.84. The van der Waals surface area contributed by atoms with Gasteiger partial charge >= 0.3 is 0 Å². The summed E-state index contributed by atoms with van der Waals surface area (Å²) >= 11 is 5.59. The van der Waals surface area contributed by atoms with Crippen molar-refractivity contribution in [1.29, 1.82) is 0 Å². The number of ether oxygens (including phenoxy) is 1. The average Bonchev–Trinajstić information content (AvgIpc) is 2.08. The van der Waals surface area contributed by atoms with Gasteiger partial charge in [0.1, 0.15) is 10.8 Å². The SMILES string of the molecule is CCOc1ccc(Cl)c([N+](=O)[O-])c1. The molecule has 0 aliphatic rings. The Hall–Kier alpha value is -1.29. The fraction of sp³-hybridized carbons (Fsp3) is 0.250. The van der Waals surface area contributed by atoms with Crippen molar-refractivity contribution in [3.05, 3.63) is 33.3 Å². The van der Waals surface area contributed by atoms with Crippen LogP contribution in [0.3, 0.4) is 0 Å². The van der Waals surface area contributed by atoms with E-state index in [1.54, 1.807) is 13.0 Å².